The molecule has 21 heavy (non-hydrogen) atoms. The average Bonchev–Trinajstić information content (AvgIpc) is 2.91. The van der Waals surface area contributed by atoms with Crippen molar-refractivity contribution in [3.8, 4) is 11.5 Å². The second kappa shape index (κ2) is 5.87. The first-order chi connectivity index (χ1) is 10.1. The lowest BCUT2D eigenvalue weighted by atomic mass is 10.1. The van der Waals surface area contributed by atoms with E-state index in [1.807, 2.05) is 6.07 Å². The monoisotopic (exact) mass is 311 g/mol. The first kappa shape index (κ1) is 14.1. The zero-order chi connectivity index (χ0) is 14.8. The van der Waals surface area contributed by atoms with Gasteiger partial charge in [-0.1, -0.05) is 11.6 Å². The van der Waals surface area contributed by atoms with Gasteiger partial charge in [0, 0.05) is 18.7 Å². The molecule has 0 fully saturated rings. The largest absolute Gasteiger partial charge is 0.454 e. The number of halogens is 3. The third kappa shape index (κ3) is 3.09. The molecule has 6 heteroatoms. The fourth-order valence-corrected chi connectivity index (χ4v) is 2.43. The van der Waals surface area contributed by atoms with E-state index in [9.17, 15) is 8.78 Å². The van der Waals surface area contributed by atoms with Gasteiger partial charge in [-0.25, -0.2) is 8.78 Å². The molecule has 3 rings (SSSR count). The molecular formula is C15H12ClF2NO2. The van der Waals surface area contributed by atoms with Crippen LogP contribution in [0.2, 0.25) is 5.02 Å². The van der Waals surface area contributed by atoms with Crippen LogP contribution in [0.5, 0.6) is 11.5 Å². The summed E-state index contributed by atoms with van der Waals surface area (Å²) in [6.45, 7) is 0.822. The van der Waals surface area contributed by atoms with Crippen molar-refractivity contribution in [1.82, 2.24) is 5.32 Å². The zero-order valence-electron chi connectivity index (χ0n) is 11.0. The Kier molecular flexibility index (Phi) is 3.94. The SMILES string of the molecule is Fc1ccc(F)c(CNCc2cc(Cl)c3c(c2)OCO3)c1. The Balaban J connectivity index is 1.66. The molecule has 1 aliphatic rings. The smallest absolute Gasteiger partial charge is 0.231 e. The van der Waals surface area contributed by atoms with E-state index in [1.165, 1.54) is 6.07 Å². The molecule has 110 valence electrons. The van der Waals surface area contributed by atoms with Crippen LogP contribution in [0.15, 0.2) is 30.3 Å². The maximum Gasteiger partial charge on any atom is 0.231 e. The van der Waals surface area contributed by atoms with Crippen LogP contribution in [0.3, 0.4) is 0 Å². The molecule has 1 heterocycles. The van der Waals surface area contributed by atoms with E-state index < -0.39 is 11.6 Å². The minimum Gasteiger partial charge on any atom is -0.454 e. The molecule has 0 bridgehead atoms. The van der Waals surface area contributed by atoms with Crippen LogP contribution in [0, 0.1) is 11.6 Å². The Morgan fingerprint density at radius 1 is 1.10 bits per heavy atom. The van der Waals surface area contributed by atoms with Gasteiger partial charge in [0.1, 0.15) is 11.6 Å². The summed E-state index contributed by atoms with van der Waals surface area (Å²) in [5.41, 5.74) is 1.16. The van der Waals surface area contributed by atoms with E-state index in [-0.39, 0.29) is 18.9 Å². The number of ether oxygens (including phenoxy) is 2. The quantitative estimate of drug-likeness (QED) is 0.935. The first-order valence-corrected chi connectivity index (χ1v) is 6.74. The standard InChI is InChI=1S/C15H12ClF2NO2/c16-12-3-9(4-14-15(12)21-8-20-14)6-19-7-10-5-11(17)1-2-13(10)18/h1-5,19H,6-8H2. The molecule has 2 aromatic rings. The molecule has 1 N–H and O–H groups in total. The van der Waals surface area contributed by atoms with Gasteiger partial charge in [-0.2, -0.15) is 0 Å². The Labute approximate surface area is 125 Å². The predicted molar refractivity (Wildman–Crippen MR) is 74.5 cm³/mol. The Hall–Kier alpha value is -1.85. The summed E-state index contributed by atoms with van der Waals surface area (Å²) in [4.78, 5) is 0. The van der Waals surface area contributed by atoms with Crippen molar-refractivity contribution in [2.24, 2.45) is 0 Å². The molecular weight excluding hydrogens is 300 g/mol. The molecule has 0 atom stereocenters. The molecule has 0 aliphatic carbocycles. The number of nitrogens with one attached hydrogen (secondary N) is 1. The summed E-state index contributed by atoms with van der Waals surface area (Å²) in [5, 5.41) is 3.51. The number of rotatable bonds is 4. The van der Waals surface area contributed by atoms with E-state index in [4.69, 9.17) is 21.1 Å². The van der Waals surface area contributed by atoms with E-state index >= 15 is 0 Å². The second-order valence-electron chi connectivity index (χ2n) is 4.65. The summed E-state index contributed by atoms with van der Waals surface area (Å²) in [7, 11) is 0. The summed E-state index contributed by atoms with van der Waals surface area (Å²) < 4.78 is 37.0. The van der Waals surface area contributed by atoms with E-state index in [2.05, 4.69) is 5.32 Å². The lowest BCUT2D eigenvalue weighted by Crippen LogP contribution is -2.14. The third-order valence-electron chi connectivity index (χ3n) is 3.14. The average molecular weight is 312 g/mol. The van der Waals surface area contributed by atoms with Gasteiger partial charge in [-0.3, -0.25) is 0 Å². The highest BCUT2D eigenvalue weighted by molar-refractivity contribution is 6.32. The summed E-state index contributed by atoms with van der Waals surface area (Å²) >= 11 is 6.07. The highest BCUT2D eigenvalue weighted by Crippen LogP contribution is 2.39. The number of hydrogen-bond donors (Lipinski definition) is 1. The molecule has 3 nitrogen and oxygen atoms in total. The van der Waals surface area contributed by atoms with Crippen LogP contribution in [0.25, 0.3) is 0 Å². The van der Waals surface area contributed by atoms with Gasteiger partial charge in [-0.15, -0.1) is 0 Å². The molecule has 0 unspecified atom stereocenters. The number of fused-ring (bicyclic) bond motifs is 1. The Morgan fingerprint density at radius 3 is 2.81 bits per heavy atom. The lowest BCUT2D eigenvalue weighted by Gasteiger charge is -2.08. The predicted octanol–water partition coefficient (Wildman–Crippen LogP) is 3.64. The molecule has 0 spiro atoms. The highest BCUT2D eigenvalue weighted by Gasteiger charge is 2.18. The molecule has 1 aliphatic heterocycles. The number of benzene rings is 2. The fraction of sp³-hybridized carbons (Fsp3) is 0.200. The van der Waals surface area contributed by atoms with Gasteiger partial charge >= 0.3 is 0 Å². The molecule has 0 radical (unpaired) electrons. The zero-order valence-corrected chi connectivity index (χ0v) is 11.7. The van der Waals surface area contributed by atoms with Crippen LogP contribution >= 0.6 is 11.6 Å². The van der Waals surface area contributed by atoms with Crippen molar-refractivity contribution < 1.29 is 18.3 Å². The third-order valence-corrected chi connectivity index (χ3v) is 3.42. The van der Waals surface area contributed by atoms with Crippen LogP contribution in [0.1, 0.15) is 11.1 Å². The van der Waals surface area contributed by atoms with Gasteiger partial charge in [-0.05, 0) is 35.9 Å². The second-order valence-corrected chi connectivity index (χ2v) is 5.06. The maximum atomic E-state index is 13.5. The topological polar surface area (TPSA) is 30.5 Å². The van der Waals surface area contributed by atoms with Crippen LogP contribution < -0.4 is 14.8 Å². The molecule has 0 amide bonds. The maximum absolute atomic E-state index is 13.5. The van der Waals surface area contributed by atoms with Crippen LogP contribution in [0.4, 0.5) is 8.78 Å². The van der Waals surface area contributed by atoms with Gasteiger partial charge in [0.05, 0.1) is 5.02 Å². The highest BCUT2D eigenvalue weighted by atomic mass is 35.5. The first-order valence-electron chi connectivity index (χ1n) is 6.36. The Bertz CT molecular complexity index is 679. The van der Waals surface area contributed by atoms with E-state index in [0.717, 1.165) is 17.7 Å². The van der Waals surface area contributed by atoms with Crippen molar-refractivity contribution in [1.29, 1.82) is 0 Å². The number of hydrogen-bond acceptors (Lipinski definition) is 3. The summed E-state index contributed by atoms with van der Waals surface area (Å²) in [6.07, 6.45) is 0. The van der Waals surface area contributed by atoms with Gasteiger partial charge in [0.25, 0.3) is 0 Å². The normalized spacial score (nSPS) is 12.7. The minimum atomic E-state index is -0.459. The molecule has 0 saturated heterocycles. The van der Waals surface area contributed by atoms with Crippen molar-refractivity contribution in [3.05, 3.63) is 58.1 Å². The van der Waals surface area contributed by atoms with Crippen LogP contribution in [-0.4, -0.2) is 6.79 Å². The Morgan fingerprint density at radius 2 is 1.95 bits per heavy atom. The molecule has 2 aromatic carbocycles. The van der Waals surface area contributed by atoms with Crippen molar-refractivity contribution in [3.63, 3.8) is 0 Å². The van der Waals surface area contributed by atoms with E-state index in [1.54, 1.807) is 6.07 Å². The van der Waals surface area contributed by atoms with Crippen molar-refractivity contribution >= 4 is 11.6 Å². The van der Waals surface area contributed by atoms with E-state index in [0.29, 0.717) is 23.1 Å². The molecule has 0 aromatic heterocycles. The summed E-state index contributed by atoms with van der Waals surface area (Å²) in [6, 6.07) is 6.95. The van der Waals surface area contributed by atoms with Crippen molar-refractivity contribution in [2.45, 2.75) is 13.1 Å². The fourth-order valence-electron chi connectivity index (χ4n) is 2.14. The minimum absolute atomic E-state index is 0.153. The molecule has 0 saturated carbocycles. The lowest BCUT2D eigenvalue weighted by molar-refractivity contribution is 0.174. The summed E-state index contributed by atoms with van der Waals surface area (Å²) in [5.74, 6) is 0.236. The van der Waals surface area contributed by atoms with Crippen molar-refractivity contribution in [2.75, 3.05) is 6.79 Å². The van der Waals surface area contributed by atoms with Gasteiger partial charge in [0.15, 0.2) is 11.5 Å². The van der Waals surface area contributed by atoms with Gasteiger partial charge in [0.2, 0.25) is 6.79 Å². The van der Waals surface area contributed by atoms with Crippen LogP contribution in [-0.2, 0) is 13.1 Å². The van der Waals surface area contributed by atoms with Gasteiger partial charge < -0.3 is 14.8 Å².